The molecule has 0 N–H and O–H groups in total. The first-order chi connectivity index (χ1) is 21.7. The van der Waals surface area contributed by atoms with Crippen LogP contribution in [0, 0.1) is 0 Å². The molecular formula is C43H55N3. The SMILES string of the molecule is CC(=Nc1c(C(C)C)cccc1C(C)C)c1cc(CC(C)(C)c2ccccc2)cc(C(C)=Nc2c(C(C)C)cccc2C(C)C)n1. The minimum Gasteiger partial charge on any atom is -0.251 e. The fraction of sp³-hybridized carbons (Fsp3) is 0.419. The quantitative estimate of drug-likeness (QED) is 0.155. The Morgan fingerprint density at radius 1 is 0.565 bits per heavy atom. The van der Waals surface area contributed by atoms with Crippen LogP contribution in [-0.2, 0) is 11.8 Å². The first-order valence-corrected chi connectivity index (χ1v) is 17.1. The van der Waals surface area contributed by atoms with Crippen molar-refractivity contribution in [2.75, 3.05) is 0 Å². The first-order valence-electron chi connectivity index (χ1n) is 17.1. The average molecular weight is 614 g/mol. The summed E-state index contributed by atoms with van der Waals surface area (Å²) in [5.74, 6) is 1.49. The van der Waals surface area contributed by atoms with Crippen molar-refractivity contribution in [3.8, 4) is 0 Å². The van der Waals surface area contributed by atoms with Gasteiger partial charge >= 0.3 is 0 Å². The Kier molecular flexibility index (Phi) is 11.2. The zero-order valence-electron chi connectivity index (χ0n) is 30.4. The van der Waals surface area contributed by atoms with Crippen LogP contribution < -0.4 is 0 Å². The largest absolute Gasteiger partial charge is 0.251 e. The Balaban J connectivity index is 1.93. The molecule has 46 heavy (non-hydrogen) atoms. The lowest BCUT2D eigenvalue weighted by atomic mass is 9.79. The maximum absolute atomic E-state index is 5.34. The number of hydrogen-bond donors (Lipinski definition) is 0. The van der Waals surface area contributed by atoms with E-state index in [1.54, 1.807) is 0 Å². The third-order valence-electron chi connectivity index (χ3n) is 9.07. The Labute approximate surface area is 279 Å². The molecule has 0 bridgehead atoms. The summed E-state index contributed by atoms with van der Waals surface area (Å²) in [6.07, 6.45) is 0.875. The van der Waals surface area contributed by atoms with Crippen molar-refractivity contribution in [2.24, 2.45) is 9.98 Å². The Bertz CT molecular complexity index is 1550. The van der Waals surface area contributed by atoms with Crippen LogP contribution in [0.25, 0.3) is 0 Å². The molecule has 0 saturated heterocycles. The summed E-state index contributed by atoms with van der Waals surface area (Å²) < 4.78 is 0. The third-order valence-corrected chi connectivity index (χ3v) is 9.07. The molecule has 0 saturated carbocycles. The number of nitrogens with zero attached hydrogens (tertiary/aromatic N) is 3. The molecule has 3 nitrogen and oxygen atoms in total. The Hall–Kier alpha value is -3.85. The summed E-state index contributed by atoms with van der Waals surface area (Å²) in [5, 5.41) is 0. The number of benzene rings is 3. The van der Waals surface area contributed by atoms with E-state index in [1.807, 2.05) is 0 Å². The van der Waals surface area contributed by atoms with E-state index in [-0.39, 0.29) is 5.41 Å². The second-order valence-electron chi connectivity index (χ2n) is 14.8. The predicted octanol–water partition coefficient (Wildman–Crippen LogP) is 12.4. The second-order valence-corrected chi connectivity index (χ2v) is 14.8. The van der Waals surface area contributed by atoms with E-state index >= 15 is 0 Å². The fourth-order valence-corrected chi connectivity index (χ4v) is 6.29. The maximum atomic E-state index is 5.34. The van der Waals surface area contributed by atoms with E-state index in [1.165, 1.54) is 33.4 Å². The van der Waals surface area contributed by atoms with Crippen LogP contribution >= 0.6 is 0 Å². The van der Waals surface area contributed by atoms with E-state index in [4.69, 9.17) is 15.0 Å². The standard InChI is InChI=1S/C43H55N3/c1-27(2)35-20-16-21-36(28(3)4)41(35)44-31(9)39-24-33(26-43(11,12)34-18-14-13-15-19-34)25-40(46-39)32(10)45-42-37(29(5)6)22-17-23-38(42)30(7)8/h13-25,27-30H,26H2,1-12H3. The molecule has 0 aliphatic heterocycles. The summed E-state index contributed by atoms with van der Waals surface area (Å²) in [7, 11) is 0. The average Bonchev–Trinajstić information content (AvgIpc) is 3.00. The number of aromatic nitrogens is 1. The number of pyridine rings is 1. The van der Waals surface area contributed by atoms with Crippen molar-refractivity contribution in [2.45, 2.75) is 119 Å². The molecule has 3 aromatic carbocycles. The molecule has 0 amide bonds. The lowest BCUT2D eigenvalue weighted by Gasteiger charge is -2.26. The number of para-hydroxylation sites is 2. The summed E-state index contributed by atoms with van der Waals surface area (Å²) >= 11 is 0. The van der Waals surface area contributed by atoms with Crippen LogP contribution in [0.3, 0.4) is 0 Å². The van der Waals surface area contributed by atoms with Gasteiger partial charge in [-0.3, -0.25) is 9.98 Å². The summed E-state index contributed by atoms with van der Waals surface area (Å²) in [5.41, 5.74) is 13.4. The molecule has 4 rings (SSSR count). The van der Waals surface area contributed by atoms with Crippen LogP contribution in [-0.4, -0.2) is 16.4 Å². The van der Waals surface area contributed by atoms with E-state index in [2.05, 4.69) is 162 Å². The molecule has 0 atom stereocenters. The van der Waals surface area contributed by atoms with E-state index in [9.17, 15) is 0 Å². The minimum absolute atomic E-state index is 0.0582. The van der Waals surface area contributed by atoms with Gasteiger partial charge in [-0.1, -0.05) is 136 Å². The van der Waals surface area contributed by atoms with Gasteiger partial charge in [-0.15, -0.1) is 0 Å². The normalized spacial score (nSPS) is 13.0. The highest BCUT2D eigenvalue weighted by atomic mass is 14.8. The van der Waals surface area contributed by atoms with Gasteiger partial charge in [0, 0.05) is 0 Å². The summed E-state index contributed by atoms with van der Waals surface area (Å²) in [6, 6.07) is 28.5. The van der Waals surface area contributed by atoms with Gasteiger partial charge in [-0.2, -0.15) is 0 Å². The smallest absolute Gasteiger partial charge is 0.0852 e. The minimum atomic E-state index is -0.0582. The van der Waals surface area contributed by atoms with Crippen molar-refractivity contribution in [3.05, 3.63) is 124 Å². The Morgan fingerprint density at radius 3 is 1.28 bits per heavy atom. The van der Waals surface area contributed by atoms with Crippen LogP contribution in [0.1, 0.15) is 152 Å². The van der Waals surface area contributed by atoms with Crippen LogP contribution in [0.4, 0.5) is 11.4 Å². The van der Waals surface area contributed by atoms with E-state index in [0.717, 1.165) is 40.6 Å². The molecule has 0 aliphatic rings. The topological polar surface area (TPSA) is 37.6 Å². The number of rotatable bonds is 11. The summed E-state index contributed by atoms with van der Waals surface area (Å²) in [4.78, 5) is 15.9. The van der Waals surface area contributed by atoms with E-state index in [0.29, 0.717) is 23.7 Å². The molecule has 0 aliphatic carbocycles. The molecule has 0 fully saturated rings. The van der Waals surface area contributed by atoms with Gasteiger partial charge < -0.3 is 0 Å². The van der Waals surface area contributed by atoms with Crippen molar-refractivity contribution in [3.63, 3.8) is 0 Å². The van der Waals surface area contributed by atoms with E-state index < -0.39 is 0 Å². The number of hydrogen-bond acceptors (Lipinski definition) is 3. The van der Waals surface area contributed by atoms with Crippen molar-refractivity contribution < 1.29 is 0 Å². The molecule has 0 radical (unpaired) electrons. The third kappa shape index (κ3) is 8.10. The Morgan fingerprint density at radius 2 is 0.935 bits per heavy atom. The van der Waals surface area contributed by atoms with Crippen molar-refractivity contribution in [1.29, 1.82) is 0 Å². The van der Waals surface area contributed by atoms with Gasteiger partial charge in [0.15, 0.2) is 0 Å². The van der Waals surface area contributed by atoms with Gasteiger partial charge in [-0.25, -0.2) is 4.98 Å². The van der Waals surface area contributed by atoms with Gasteiger partial charge in [0.25, 0.3) is 0 Å². The first kappa shape index (κ1) is 35.0. The highest BCUT2D eigenvalue weighted by Crippen LogP contribution is 2.37. The van der Waals surface area contributed by atoms with Gasteiger partial charge in [0.1, 0.15) is 0 Å². The molecule has 242 valence electrons. The maximum Gasteiger partial charge on any atom is 0.0852 e. The van der Waals surface area contributed by atoms with Gasteiger partial charge in [0.05, 0.1) is 34.2 Å². The van der Waals surface area contributed by atoms with Gasteiger partial charge in [0.2, 0.25) is 0 Å². The fourth-order valence-electron chi connectivity index (χ4n) is 6.29. The van der Waals surface area contributed by atoms with Crippen LogP contribution in [0.15, 0.2) is 88.8 Å². The van der Waals surface area contributed by atoms with Gasteiger partial charge in [-0.05, 0) is 94.9 Å². The highest BCUT2D eigenvalue weighted by Gasteiger charge is 2.23. The van der Waals surface area contributed by atoms with Crippen LogP contribution in [0.5, 0.6) is 0 Å². The molecule has 0 unspecified atom stereocenters. The van der Waals surface area contributed by atoms with Crippen molar-refractivity contribution in [1.82, 2.24) is 4.98 Å². The zero-order chi connectivity index (χ0) is 33.8. The van der Waals surface area contributed by atoms with Crippen molar-refractivity contribution >= 4 is 22.8 Å². The molecule has 1 aromatic heterocycles. The molecule has 0 spiro atoms. The zero-order valence-corrected chi connectivity index (χ0v) is 30.4. The second kappa shape index (κ2) is 14.7. The van der Waals surface area contributed by atoms with Crippen LogP contribution in [0.2, 0.25) is 0 Å². The molecule has 1 heterocycles. The highest BCUT2D eigenvalue weighted by molar-refractivity contribution is 6.03. The monoisotopic (exact) mass is 613 g/mol. The molecular weight excluding hydrogens is 558 g/mol. The lowest BCUT2D eigenvalue weighted by Crippen LogP contribution is -2.21. The predicted molar refractivity (Wildman–Crippen MR) is 200 cm³/mol. The lowest BCUT2D eigenvalue weighted by molar-refractivity contribution is 0.522. The summed E-state index contributed by atoms with van der Waals surface area (Å²) in [6.45, 7) is 26.8. The molecule has 4 aromatic rings. The number of aliphatic imine (C=N–C) groups is 2. The molecule has 3 heteroatoms.